The van der Waals surface area contributed by atoms with Gasteiger partial charge in [-0.3, -0.25) is 0 Å². The number of nitrogens with zero attached hydrogens (tertiary/aromatic N) is 2. The predicted molar refractivity (Wildman–Crippen MR) is 427 cm³/mol. The summed E-state index contributed by atoms with van der Waals surface area (Å²) in [5.41, 5.74) is 39.0. The van der Waals surface area contributed by atoms with Crippen LogP contribution in [0.3, 0.4) is 0 Å². The first-order chi connectivity index (χ1) is 49.3. The van der Waals surface area contributed by atoms with Crippen LogP contribution in [0.5, 0.6) is 0 Å². The molecule has 0 heterocycles. The first-order valence-corrected chi connectivity index (χ1v) is 35.5. The summed E-state index contributed by atoms with van der Waals surface area (Å²) in [6.45, 7) is 14.4. The molecule has 18 rings (SSSR count). The lowest BCUT2D eigenvalue weighted by Crippen LogP contribution is -2.18. The molecule has 0 N–H and O–H groups in total. The van der Waals surface area contributed by atoms with Gasteiger partial charge < -0.3 is 9.80 Å². The third-order valence-electron chi connectivity index (χ3n) is 22.3. The Kier molecular flexibility index (Phi) is 14.6. The first-order valence-electron chi connectivity index (χ1n) is 35.5. The maximum absolute atomic E-state index is 2.46. The van der Waals surface area contributed by atoms with E-state index in [1.165, 1.54) is 145 Å². The van der Waals surface area contributed by atoms with Gasteiger partial charge in [0.25, 0.3) is 0 Å². The van der Waals surface area contributed by atoms with Crippen molar-refractivity contribution in [1.82, 2.24) is 0 Å². The third kappa shape index (κ3) is 10.6. The molecule has 0 aromatic heterocycles. The molecule has 101 heavy (non-hydrogen) atoms. The molecular formula is C99H76N2. The van der Waals surface area contributed by atoms with Gasteiger partial charge in [0.15, 0.2) is 0 Å². The average Bonchev–Trinajstić information content (AvgIpc) is 1.59. The molecule has 15 aromatic carbocycles. The molecule has 0 saturated carbocycles. The summed E-state index contributed by atoms with van der Waals surface area (Å²) >= 11 is 0. The summed E-state index contributed by atoms with van der Waals surface area (Å²) in [6, 6.07) is 131. The molecular weight excluding hydrogens is 1220 g/mol. The second-order valence-corrected chi connectivity index (χ2v) is 29.3. The van der Waals surface area contributed by atoms with Crippen molar-refractivity contribution in [3.8, 4) is 111 Å². The van der Waals surface area contributed by atoms with Gasteiger partial charge in [0.1, 0.15) is 0 Å². The molecule has 482 valence electrons. The van der Waals surface area contributed by atoms with Crippen molar-refractivity contribution in [2.24, 2.45) is 0 Å². The second kappa shape index (κ2) is 24.1. The Morgan fingerprint density at radius 1 is 0.149 bits per heavy atom. The van der Waals surface area contributed by atoms with Gasteiger partial charge in [-0.25, -0.2) is 0 Å². The summed E-state index contributed by atoms with van der Waals surface area (Å²) in [5, 5.41) is 0. The molecule has 3 aliphatic rings. The number of hydrogen-bond acceptors (Lipinski definition) is 2. The number of rotatable bonds is 13. The van der Waals surface area contributed by atoms with Crippen molar-refractivity contribution >= 4 is 34.1 Å². The van der Waals surface area contributed by atoms with E-state index in [0.717, 1.165) is 34.1 Å². The Labute approximate surface area is 594 Å². The lowest BCUT2D eigenvalue weighted by molar-refractivity contribution is 0.660. The SMILES string of the molecule is CC1(C)c2cc(-c3ccc(-c4ccccc4)cc3)ccc2-c2ccc(N(c3ccc(-c4ccccc4)cc3)c3ccc(-c4ccc(-c5ccc6c(c5)C(C)(C)c5cc(N(c7ccccc7)c7ccc8c(c7)C(C)(C)c7cc(-c9ccc(-c%10ccccc%10)cc9)ccc7-8)ccc5-6)cc4)cc3)cc21. The van der Waals surface area contributed by atoms with Crippen LogP contribution >= 0.6 is 0 Å². The predicted octanol–water partition coefficient (Wildman–Crippen LogP) is 27.2. The van der Waals surface area contributed by atoms with Crippen LogP contribution in [0.25, 0.3) is 111 Å². The standard InChI is InChI=1S/C99H76N2/c1-97(2)91-59-76(73-33-27-68(28-34-73)65-19-11-7-12-20-65)43-53-85(91)88-56-50-82(62-94(88)97)100(80-46-39-71(40-47-80)67-23-15-9-16-24-67)81-48-41-72(42-49-81)70-31-37-75(38-32-70)78-45-55-87-90-58-52-84(64-96(90)99(5,6)93(87)61-78)101(79-25-17-10-18-26-79)83-51-57-89-86-54-44-77(60-92(86)98(3,4)95(89)63-83)74-35-29-69(30-36-74)66-21-13-8-14-22-66/h7-64H,1-6H3. The van der Waals surface area contributed by atoms with Crippen molar-refractivity contribution in [2.45, 2.75) is 57.8 Å². The van der Waals surface area contributed by atoms with Crippen molar-refractivity contribution in [1.29, 1.82) is 0 Å². The van der Waals surface area contributed by atoms with E-state index in [1.54, 1.807) is 0 Å². The van der Waals surface area contributed by atoms with E-state index in [0.29, 0.717) is 0 Å². The molecule has 0 radical (unpaired) electrons. The monoisotopic (exact) mass is 1290 g/mol. The summed E-state index contributed by atoms with van der Waals surface area (Å²) in [6.07, 6.45) is 0. The molecule has 0 spiro atoms. The Morgan fingerprint density at radius 3 is 0.584 bits per heavy atom. The lowest BCUT2D eigenvalue weighted by atomic mass is 9.81. The highest BCUT2D eigenvalue weighted by Gasteiger charge is 2.40. The zero-order valence-corrected chi connectivity index (χ0v) is 57.9. The Hall–Kier alpha value is -12.1. The van der Waals surface area contributed by atoms with Crippen LogP contribution in [0.15, 0.2) is 352 Å². The average molecular weight is 1290 g/mol. The maximum atomic E-state index is 2.46. The van der Waals surface area contributed by atoms with Crippen LogP contribution in [0, 0.1) is 0 Å². The van der Waals surface area contributed by atoms with E-state index in [-0.39, 0.29) is 16.2 Å². The maximum Gasteiger partial charge on any atom is 0.0465 e. The van der Waals surface area contributed by atoms with Crippen LogP contribution in [-0.4, -0.2) is 0 Å². The van der Waals surface area contributed by atoms with E-state index in [1.807, 2.05) is 0 Å². The minimum Gasteiger partial charge on any atom is -0.310 e. The quantitative estimate of drug-likeness (QED) is 0.114. The number of benzene rings is 15. The Morgan fingerprint density at radius 2 is 0.317 bits per heavy atom. The van der Waals surface area contributed by atoms with Crippen molar-refractivity contribution < 1.29 is 0 Å². The van der Waals surface area contributed by atoms with Gasteiger partial charge in [0.05, 0.1) is 0 Å². The topological polar surface area (TPSA) is 6.48 Å². The van der Waals surface area contributed by atoms with Crippen molar-refractivity contribution in [3.63, 3.8) is 0 Å². The minimum absolute atomic E-state index is 0.211. The van der Waals surface area contributed by atoms with Crippen LogP contribution in [0.2, 0.25) is 0 Å². The summed E-state index contributed by atoms with van der Waals surface area (Å²) in [5.74, 6) is 0. The second-order valence-electron chi connectivity index (χ2n) is 29.3. The molecule has 0 aliphatic heterocycles. The highest BCUT2D eigenvalue weighted by atomic mass is 15.1. The van der Waals surface area contributed by atoms with Crippen LogP contribution < -0.4 is 9.80 Å². The van der Waals surface area contributed by atoms with Gasteiger partial charge in [-0.1, -0.05) is 302 Å². The Bertz CT molecular complexity index is 5650. The zero-order chi connectivity index (χ0) is 68.1. The molecule has 15 aromatic rings. The zero-order valence-electron chi connectivity index (χ0n) is 57.9. The lowest BCUT2D eigenvalue weighted by Gasteiger charge is -2.29. The van der Waals surface area contributed by atoms with Crippen molar-refractivity contribution in [3.05, 3.63) is 385 Å². The molecule has 0 bridgehead atoms. The summed E-state index contributed by atoms with van der Waals surface area (Å²) in [4.78, 5) is 4.88. The molecule has 0 atom stereocenters. The van der Waals surface area contributed by atoms with Gasteiger partial charge in [-0.15, -0.1) is 0 Å². The molecule has 2 nitrogen and oxygen atoms in total. The van der Waals surface area contributed by atoms with Crippen LogP contribution in [0.1, 0.15) is 74.9 Å². The molecule has 0 unspecified atom stereocenters. The molecule has 2 heteroatoms. The number of hydrogen-bond donors (Lipinski definition) is 0. The smallest absolute Gasteiger partial charge is 0.0465 e. The minimum atomic E-state index is -0.248. The largest absolute Gasteiger partial charge is 0.310 e. The van der Waals surface area contributed by atoms with E-state index in [4.69, 9.17) is 0 Å². The fourth-order valence-corrected chi connectivity index (χ4v) is 16.7. The normalized spacial score (nSPS) is 13.7. The van der Waals surface area contributed by atoms with Crippen LogP contribution in [0.4, 0.5) is 34.1 Å². The van der Waals surface area contributed by atoms with Crippen molar-refractivity contribution in [2.75, 3.05) is 9.80 Å². The van der Waals surface area contributed by atoms with E-state index in [9.17, 15) is 0 Å². The number of para-hydroxylation sites is 1. The third-order valence-corrected chi connectivity index (χ3v) is 22.3. The number of anilines is 6. The Balaban J connectivity index is 0.611. The number of fused-ring (bicyclic) bond motifs is 9. The summed E-state index contributed by atoms with van der Waals surface area (Å²) in [7, 11) is 0. The molecule has 0 fully saturated rings. The van der Waals surface area contributed by atoms with E-state index >= 15 is 0 Å². The fraction of sp³-hybridized carbons (Fsp3) is 0.0909. The van der Waals surface area contributed by atoms with Gasteiger partial charge >= 0.3 is 0 Å². The highest BCUT2D eigenvalue weighted by molar-refractivity contribution is 5.92. The molecule has 0 saturated heterocycles. The van der Waals surface area contributed by atoms with E-state index < -0.39 is 0 Å². The molecule has 0 amide bonds. The van der Waals surface area contributed by atoms with E-state index in [2.05, 4.69) is 403 Å². The van der Waals surface area contributed by atoms with Gasteiger partial charge in [-0.2, -0.15) is 0 Å². The summed E-state index contributed by atoms with van der Waals surface area (Å²) < 4.78 is 0. The first kappa shape index (κ1) is 61.2. The fourth-order valence-electron chi connectivity index (χ4n) is 16.7. The highest BCUT2D eigenvalue weighted by Crippen LogP contribution is 2.56. The van der Waals surface area contributed by atoms with Gasteiger partial charge in [0, 0.05) is 50.4 Å². The molecule has 3 aliphatic carbocycles. The van der Waals surface area contributed by atoms with Gasteiger partial charge in [0.2, 0.25) is 0 Å². The van der Waals surface area contributed by atoms with Crippen LogP contribution in [-0.2, 0) is 16.2 Å². The van der Waals surface area contributed by atoms with Gasteiger partial charge in [-0.05, 0) is 236 Å².